The highest BCUT2D eigenvalue weighted by Crippen LogP contribution is 2.21. The van der Waals surface area contributed by atoms with E-state index in [0.717, 1.165) is 6.07 Å². The van der Waals surface area contributed by atoms with Crippen LogP contribution in [-0.2, 0) is 11.2 Å². The molecule has 0 spiro atoms. The van der Waals surface area contributed by atoms with Gasteiger partial charge in [-0.1, -0.05) is 6.07 Å². The molecule has 6 nitrogen and oxygen atoms in total. The molecule has 2 amide bonds. The average Bonchev–Trinajstić information content (AvgIpc) is 3.21. The summed E-state index contributed by atoms with van der Waals surface area (Å²) in [4.78, 5) is 25.6. The number of nitrogens with zero attached hydrogens (tertiary/aromatic N) is 2. The van der Waals surface area contributed by atoms with Crippen LogP contribution in [0.3, 0.4) is 0 Å². The number of methoxy groups -OCH3 is 1. The van der Waals surface area contributed by atoms with Gasteiger partial charge in [0.2, 0.25) is 5.91 Å². The van der Waals surface area contributed by atoms with Gasteiger partial charge in [-0.05, 0) is 42.7 Å². The number of benzene rings is 2. The molecule has 2 aromatic rings. The molecule has 3 rings (SSSR count). The molecule has 0 radical (unpaired) electrons. The van der Waals surface area contributed by atoms with Crippen LogP contribution in [0.1, 0.15) is 28.8 Å². The molecule has 1 aliphatic rings. The number of hydrogen-bond donors (Lipinski definition) is 1. The summed E-state index contributed by atoms with van der Waals surface area (Å²) >= 11 is 0. The third-order valence-electron chi connectivity index (χ3n) is 4.88. The predicted molar refractivity (Wildman–Crippen MR) is 103 cm³/mol. The van der Waals surface area contributed by atoms with Crippen LogP contribution in [-0.4, -0.2) is 48.1 Å². The lowest BCUT2D eigenvalue weighted by atomic mass is 10.0. The van der Waals surface area contributed by atoms with Crippen molar-refractivity contribution in [1.82, 2.24) is 10.0 Å². The highest BCUT2D eigenvalue weighted by atomic mass is 19.2. The lowest BCUT2D eigenvalue weighted by Gasteiger charge is -2.29. The Morgan fingerprint density at radius 3 is 2.50 bits per heavy atom. The lowest BCUT2D eigenvalue weighted by Crippen LogP contribution is -2.46. The first-order valence-electron chi connectivity index (χ1n) is 9.45. The fourth-order valence-electron chi connectivity index (χ4n) is 3.39. The molecule has 1 aliphatic heterocycles. The maximum atomic E-state index is 13.8. The van der Waals surface area contributed by atoms with Crippen LogP contribution in [0.25, 0.3) is 0 Å². The third-order valence-corrected chi connectivity index (χ3v) is 4.88. The zero-order chi connectivity index (χ0) is 21.8. The van der Waals surface area contributed by atoms with Gasteiger partial charge in [0, 0.05) is 37.2 Å². The van der Waals surface area contributed by atoms with Crippen molar-refractivity contribution < 1.29 is 27.5 Å². The highest BCUT2D eigenvalue weighted by molar-refractivity contribution is 5.96. The van der Waals surface area contributed by atoms with Gasteiger partial charge >= 0.3 is 0 Å². The number of ether oxygens (including phenoxy) is 1. The normalized spacial score (nSPS) is 14.7. The molecule has 0 saturated carbocycles. The second-order valence-electron chi connectivity index (χ2n) is 7.06. The zero-order valence-corrected chi connectivity index (χ0v) is 16.4. The summed E-state index contributed by atoms with van der Waals surface area (Å²) in [5.74, 6) is -3.62. The lowest BCUT2D eigenvalue weighted by molar-refractivity contribution is -0.140. The summed E-state index contributed by atoms with van der Waals surface area (Å²) in [5, 5.41) is 2.67. The second kappa shape index (κ2) is 9.17. The van der Waals surface area contributed by atoms with Crippen molar-refractivity contribution in [2.75, 3.05) is 20.2 Å². The maximum absolute atomic E-state index is 13.8. The molecule has 0 aromatic heterocycles. The van der Waals surface area contributed by atoms with Crippen molar-refractivity contribution in [1.29, 1.82) is 0 Å². The molecule has 1 atom stereocenters. The first kappa shape index (κ1) is 21.6. The molecule has 0 bridgehead atoms. The largest absolute Gasteiger partial charge is 0.497 e. The first-order valence-corrected chi connectivity index (χ1v) is 9.45. The Morgan fingerprint density at radius 2 is 1.77 bits per heavy atom. The topological polar surface area (TPSA) is 75.9 Å². The van der Waals surface area contributed by atoms with Crippen LogP contribution >= 0.6 is 0 Å². The van der Waals surface area contributed by atoms with Gasteiger partial charge in [0.15, 0.2) is 11.6 Å². The Bertz CT molecular complexity index is 954. The SMILES string of the molecule is COc1cccc(C(=O)N2CCCN2C(=O)C[C@H](N)Cc2cc(F)c(F)cc2F)c1. The Morgan fingerprint density at radius 1 is 1.07 bits per heavy atom. The molecule has 9 heteroatoms. The number of hydrogen-bond acceptors (Lipinski definition) is 4. The van der Waals surface area contributed by atoms with Crippen LogP contribution in [0.4, 0.5) is 13.2 Å². The van der Waals surface area contributed by atoms with Crippen molar-refractivity contribution in [3.8, 4) is 5.75 Å². The molecule has 2 N–H and O–H groups in total. The summed E-state index contributed by atoms with van der Waals surface area (Å²) in [6, 6.07) is 6.97. The van der Waals surface area contributed by atoms with Gasteiger partial charge in [0.25, 0.3) is 5.91 Å². The van der Waals surface area contributed by atoms with E-state index in [4.69, 9.17) is 10.5 Å². The van der Waals surface area contributed by atoms with Crippen molar-refractivity contribution in [3.05, 3.63) is 65.0 Å². The predicted octanol–water partition coefficient (Wildman–Crippen LogP) is 2.66. The number of hydrazine groups is 1. The van der Waals surface area contributed by atoms with Gasteiger partial charge in [-0.3, -0.25) is 14.6 Å². The quantitative estimate of drug-likeness (QED) is 0.728. The number of amides is 2. The van der Waals surface area contributed by atoms with E-state index in [-0.39, 0.29) is 24.3 Å². The molecule has 0 unspecified atom stereocenters. The fourth-order valence-corrected chi connectivity index (χ4v) is 3.39. The van der Waals surface area contributed by atoms with Gasteiger partial charge in [0.05, 0.1) is 7.11 Å². The van der Waals surface area contributed by atoms with E-state index < -0.39 is 29.4 Å². The van der Waals surface area contributed by atoms with E-state index in [1.807, 2.05) is 0 Å². The number of carbonyl (C=O) groups excluding carboxylic acids is 2. The van der Waals surface area contributed by atoms with Crippen LogP contribution in [0.15, 0.2) is 36.4 Å². The van der Waals surface area contributed by atoms with Crippen LogP contribution in [0, 0.1) is 17.5 Å². The standard InChI is InChI=1S/C21H22F3N3O3/c1-30-16-5-2-4-13(9-16)21(29)27-7-3-6-26(27)20(28)11-15(25)8-14-10-18(23)19(24)12-17(14)22/h2,4-5,9-10,12,15H,3,6-8,11,25H2,1H3/t15-/m1/s1. The number of carbonyl (C=O) groups is 2. The van der Waals surface area contributed by atoms with Gasteiger partial charge in [0.1, 0.15) is 11.6 Å². The smallest absolute Gasteiger partial charge is 0.272 e. The van der Waals surface area contributed by atoms with E-state index in [9.17, 15) is 22.8 Å². The molecule has 1 saturated heterocycles. The van der Waals surface area contributed by atoms with Crippen molar-refractivity contribution in [3.63, 3.8) is 0 Å². The molecular weight excluding hydrogens is 399 g/mol. The minimum atomic E-state index is -1.29. The fraction of sp³-hybridized carbons (Fsp3) is 0.333. The minimum absolute atomic E-state index is 0.111. The first-order chi connectivity index (χ1) is 14.3. The van der Waals surface area contributed by atoms with Crippen LogP contribution < -0.4 is 10.5 Å². The Labute approximate surface area is 172 Å². The summed E-state index contributed by atoms with van der Waals surface area (Å²) in [6.07, 6.45) is 0.279. The van der Waals surface area contributed by atoms with E-state index in [0.29, 0.717) is 36.9 Å². The summed E-state index contributed by atoms with van der Waals surface area (Å²) in [5.41, 5.74) is 6.22. The summed E-state index contributed by atoms with van der Waals surface area (Å²) in [6.45, 7) is 0.718. The summed E-state index contributed by atoms with van der Waals surface area (Å²) in [7, 11) is 1.49. The number of rotatable bonds is 6. The minimum Gasteiger partial charge on any atom is -0.497 e. The van der Waals surface area contributed by atoms with Crippen LogP contribution in [0.2, 0.25) is 0 Å². The van der Waals surface area contributed by atoms with Crippen LogP contribution in [0.5, 0.6) is 5.75 Å². The maximum Gasteiger partial charge on any atom is 0.272 e. The Balaban J connectivity index is 1.66. The van der Waals surface area contributed by atoms with E-state index in [1.165, 1.54) is 17.1 Å². The Kier molecular flexibility index (Phi) is 6.61. The summed E-state index contributed by atoms with van der Waals surface area (Å²) < 4.78 is 45.4. The van der Waals surface area contributed by atoms with E-state index in [2.05, 4.69) is 0 Å². The molecule has 1 fully saturated rings. The molecule has 2 aromatic carbocycles. The van der Waals surface area contributed by atoms with Gasteiger partial charge in [-0.15, -0.1) is 0 Å². The Hall–Kier alpha value is -3.07. The van der Waals surface area contributed by atoms with Gasteiger partial charge in [-0.25, -0.2) is 18.2 Å². The van der Waals surface area contributed by atoms with E-state index in [1.54, 1.807) is 24.3 Å². The van der Waals surface area contributed by atoms with Crippen molar-refractivity contribution >= 4 is 11.8 Å². The van der Waals surface area contributed by atoms with Gasteiger partial charge < -0.3 is 10.5 Å². The van der Waals surface area contributed by atoms with Crippen molar-refractivity contribution in [2.45, 2.75) is 25.3 Å². The second-order valence-corrected chi connectivity index (χ2v) is 7.06. The highest BCUT2D eigenvalue weighted by Gasteiger charge is 2.32. The van der Waals surface area contributed by atoms with Gasteiger partial charge in [-0.2, -0.15) is 0 Å². The molecule has 160 valence electrons. The number of halogens is 3. The number of nitrogens with two attached hydrogens (primary N) is 1. The molecule has 30 heavy (non-hydrogen) atoms. The zero-order valence-electron chi connectivity index (χ0n) is 16.4. The molecule has 0 aliphatic carbocycles. The third kappa shape index (κ3) is 4.73. The monoisotopic (exact) mass is 421 g/mol. The van der Waals surface area contributed by atoms with E-state index >= 15 is 0 Å². The van der Waals surface area contributed by atoms with Crippen molar-refractivity contribution in [2.24, 2.45) is 5.73 Å². The molecule has 1 heterocycles. The average molecular weight is 421 g/mol. The molecular formula is C21H22F3N3O3.